The van der Waals surface area contributed by atoms with E-state index in [0.29, 0.717) is 16.3 Å². The molecule has 0 saturated heterocycles. The van der Waals surface area contributed by atoms with Crippen molar-refractivity contribution in [2.75, 3.05) is 26.1 Å². The van der Waals surface area contributed by atoms with Crippen LogP contribution in [0.3, 0.4) is 0 Å². The van der Waals surface area contributed by atoms with E-state index in [1.54, 1.807) is 7.11 Å². The lowest BCUT2D eigenvalue weighted by Crippen LogP contribution is -2.30. The SMILES string of the molecule is COC(=O)c1ccc(Cl)c(NC(=O)CN[C@H](C)c2ccccc2OC)c1. The van der Waals surface area contributed by atoms with E-state index in [4.69, 9.17) is 16.3 Å². The highest BCUT2D eigenvalue weighted by molar-refractivity contribution is 6.33. The lowest BCUT2D eigenvalue weighted by Gasteiger charge is -2.17. The van der Waals surface area contributed by atoms with E-state index in [-0.39, 0.29) is 18.5 Å². The zero-order chi connectivity index (χ0) is 19.1. The van der Waals surface area contributed by atoms with Gasteiger partial charge in [0.2, 0.25) is 5.91 Å². The number of esters is 1. The molecule has 7 heteroatoms. The molecule has 0 bridgehead atoms. The van der Waals surface area contributed by atoms with Gasteiger partial charge in [0.1, 0.15) is 5.75 Å². The molecule has 6 nitrogen and oxygen atoms in total. The topological polar surface area (TPSA) is 76.7 Å². The smallest absolute Gasteiger partial charge is 0.337 e. The van der Waals surface area contributed by atoms with E-state index in [0.717, 1.165) is 11.3 Å². The number of anilines is 1. The van der Waals surface area contributed by atoms with Crippen molar-refractivity contribution >= 4 is 29.2 Å². The lowest BCUT2D eigenvalue weighted by atomic mass is 10.1. The monoisotopic (exact) mass is 376 g/mol. The quantitative estimate of drug-likeness (QED) is 0.724. The highest BCUT2D eigenvalue weighted by Crippen LogP contribution is 2.25. The Morgan fingerprint density at radius 1 is 1.15 bits per heavy atom. The summed E-state index contributed by atoms with van der Waals surface area (Å²) < 4.78 is 10.00. The van der Waals surface area contributed by atoms with Gasteiger partial charge in [-0.05, 0) is 31.2 Å². The summed E-state index contributed by atoms with van der Waals surface area (Å²) in [7, 11) is 2.90. The van der Waals surface area contributed by atoms with E-state index < -0.39 is 5.97 Å². The molecule has 0 fully saturated rings. The summed E-state index contributed by atoms with van der Waals surface area (Å²) in [6, 6.07) is 12.1. The Morgan fingerprint density at radius 2 is 1.88 bits per heavy atom. The van der Waals surface area contributed by atoms with Crippen LogP contribution in [0.5, 0.6) is 5.75 Å². The molecule has 2 aromatic rings. The van der Waals surface area contributed by atoms with Crippen LogP contribution in [0.25, 0.3) is 0 Å². The van der Waals surface area contributed by atoms with Crippen LogP contribution in [0.4, 0.5) is 5.69 Å². The van der Waals surface area contributed by atoms with E-state index in [9.17, 15) is 9.59 Å². The largest absolute Gasteiger partial charge is 0.496 e. The zero-order valence-corrected chi connectivity index (χ0v) is 15.6. The molecular weight excluding hydrogens is 356 g/mol. The minimum Gasteiger partial charge on any atom is -0.496 e. The van der Waals surface area contributed by atoms with Gasteiger partial charge in [-0.1, -0.05) is 29.8 Å². The summed E-state index contributed by atoms with van der Waals surface area (Å²) in [5.41, 5.74) is 1.61. The number of carbonyl (C=O) groups is 2. The zero-order valence-electron chi connectivity index (χ0n) is 14.8. The van der Waals surface area contributed by atoms with Crippen LogP contribution in [0.2, 0.25) is 5.02 Å². The molecule has 1 atom stereocenters. The van der Waals surface area contributed by atoms with Crippen LogP contribution >= 0.6 is 11.6 Å². The fourth-order valence-corrected chi connectivity index (χ4v) is 2.60. The molecule has 2 aromatic carbocycles. The van der Waals surface area contributed by atoms with Crippen LogP contribution in [0, 0.1) is 0 Å². The molecule has 0 spiro atoms. The first-order chi connectivity index (χ1) is 12.5. The minimum atomic E-state index is -0.500. The van der Waals surface area contributed by atoms with Crippen LogP contribution < -0.4 is 15.4 Å². The van der Waals surface area contributed by atoms with Crippen molar-refractivity contribution in [3.8, 4) is 5.75 Å². The fourth-order valence-electron chi connectivity index (χ4n) is 2.44. The van der Waals surface area contributed by atoms with Crippen LogP contribution in [0.15, 0.2) is 42.5 Å². The van der Waals surface area contributed by atoms with Gasteiger partial charge in [0, 0.05) is 11.6 Å². The summed E-state index contributed by atoms with van der Waals surface area (Å²) in [6.45, 7) is 2.01. The van der Waals surface area contributed by atoms with Gasteiger partial charge in [-0.15, -0.1) is 0 Å². The molecule has 2 N–H and O–H groups in total. The van der Waals surface area contributed by atoms with E-state index in [1.807, 2.05) is 31.2 Å². The molecule has 1 amide bonds. The van der Waals surface area contributed by atoms with Crippen LogP contribution in [0.1, 0.15) is 28.9 Å². The van der Waals surface area contributed by atoms with Gasteiger partial charge < -0.3 is 20.1 Å². The number of carbonyl (C=O) groups excluding carboxylic acids is 2. The van der Waals surface area contributed by atoms with Crippen molar-refractivity contribution < 1.29 is 19.1 Å². The number of benzene rings is 2. The molecule has 0 aliphatic carbocycles. The number of para-hydroxylation sites is 1. The van der Waals surface area contributed by atoms with Crippen LogP contribution in [-0.4, -0.2) is 32.6 Å². The average Bonchev–Trinajstić information content (AvgIpc) is 2.67. The van der Waals surface area contributed by atoms with Crippen LogP contribution in [-0.2, 0) is 9.53 Å². The first-order valence-electron chi connectivity index (χ1n) is 8.00. The average molecular weight is 377 g/mol. The molecule has 26 heavy (non-hydrogen) atoms. The number of hydrogen-bond acceptors (Lipinski definition) is 5. The minimum absolute atomic E-state index is 0.0675. The highest BCUT2D eigenvalue weighted by Gasteiger charge is 2.14. The maximum Gasteiger partial charge on any atom is 0.337 e. The summed E-state index contributed by atoms with van der Waals surface area (Å²) in [6.07, 6.45) is 0. The third-order valence-corrected chi connectivity index (χ3v) is 4.17. The molecule has 0 heterocycles. The number of rotatable bonds is 7. The predicted octanol–water partition coefficient (Wildman–Crippen LogP) is 3.42. The van der Waals surface area contributed by atoms with Crippen molar-refractivity contribution in [3.63, 3.8) is 0 Å². The van der Waals surface area contributed by atoms with E-state index >= 15 is 0 Å². The lowest BCUT2D eigenvalue weighted by molar-refractivity contribution is -0.115. The molecule has 0 saturated carbocycles. The Bertz CT molecular complexity index is 795. The Kier molecular flexibility index (Phi) is 7.00. The molecular formula is C19H21ClN2O4. The van der Waals surface area contributed by atoms with Gasteiger partial charge in [0.25, 0.3) is 0 Å². The number of methoxy groups -OCH3 is 2. The number of ether oxygens (including phenoxy) is 2. The molecule has 138 valence electrons. The Balaban J connectivity index is 2.00. The third kappa shape index (κ3) is 4.97. The molecule has 0 aliphatic rings. The summed E-state index contributed by atoms with van der Waals surface area (Å²) in [5, 5.41) is 6.16. The molecule has 0 aromatic heterocycles. The fraction of sp³-hybridized carbons (Fsp3) is 0.263. The normalized spacial score (nSPS) is 11.5. The van der Waals surface area contributed by atoms with Crippen molar-refractivity contribution in [1.29, 1.82) is 0 Å². The molecule has 2 rings (SSSR count). The predicted molar refractivity (Wildman–Crippen MR) is 101 cm³/mol. The van der Waals surface area contributed by atoms with Crippen molar-refractivity contribution in [1.82, 2.24) is 5.32 Å². The van der Waals surface area contributed by atoms with Gasteiger partial charge in [-0.25, -0.2) is 4.79 Å². The van der Waals surface area contributed by atoms with Crippen molar-refractivity contribution in [2.24, 2.45) is 0 Å². The van der Waals surface area contributed by atoms with Gasteiger partial charge >= 0.3 is 5.97 Å². The maximum atomic E-state index is 12.2. The third-order valence-electron chi connectivity index (χ3n) is 3.84. The Morgan fingerprint density at radius 3 is 2.58 bits per heavy atom. The number of amides is 1. The second kappa shape index (κ2) is 9.22. The number of halogens is 1. The van der Waals surface area contributed by atoms with Crippen molar-refractivity contribution in [3.05, 3.63) is 58.6 Å². The van der Waals surface area contributed by atoms with Crippen molar-refractivity contribution in [2.45, 2.75) is 13.0 Å². The van der Waals surface area contributed by atoms with E-state index in [2.05, 4.69) is 15.4 Å². The summed E-state index contributed by atoms with van der Waals surface area (Å²) >= 11 is 6.08. The Labute approximate surface area is 157 Å². The van der Waals surface area contributed by atoms with Gasteiger partial charge in [0.15, 0.2) is 0 Å². The second-order valence-electron chi connectivity index (χ2n) is 5.58. The van der Waals surface area contributed by atoms with Gasteiger partial charge in [0.05, 0.1) is 37.0 Å². The first-order valence-corrected chi connectivity index (χ1v) is 8.38. The standard InChI is InChI=1S/C19H21ClN2O4/c1-12(14-6-4-5-7-17(14)25-2)21-11-18(23)22-16-10-13(19(24)26-3)8-9-15(16)20/h4-10,12,21H,11H2,1-3H3,(H,22,23)/t12-/m1/s1. The Hall–Kier alpha value is -2.57. The summed E-state index contributed by atoms with van der Waals surface area (Å²) in [4.78, 5) is 23.8. The molecule has 0 radical (unpaired) electrons. The van der Waals surface area contributed by atoms with Gasteiger partial charge in [-0.3, -0.25) is 4.79 Å². The number of hydrogen-bond donors (Lipinski definition) is 2. The van der Waals surface area contributed by atoms with E-state index in [1.165, 1.54) is 25.3 Å². The van der Waals surface area contributed by atoms with Gasteiger partial charge in [-0.2, -0.15) is 0 Å². The highest BCUT2D eigenvalue weighted by atomic mass is 35.5. The first kappa shape index (κ1) is 19.8. The molecule has 0 unspecified atom stereocenters. The second-order valence-corrected chi connectivity index (χ2v) is 5.99. The molecule has 0 aliphatic heterocycles. The number of nitrogens with one attached hydrogen (secondary N) is 2. The summed E-state index contributed by atoms with van der Waals surface area (Å²) in [5.74, 6) is -0.0301. The maximum absolute atomic E-state index is 12.2.